The van der Waals surface area contributed by atoms with E-state index in [1.165, 1.54) is 55.3 Å². The molecule has 0 radical (unpaired) electrons. The smallest absolute Gasteiger partial charge is 0.0208 e. The molecule has 0 saturated heterocycles. The largest absolute Gasteiger partial charge is 0.313 e. The summed E-state index contributed by atoms with van der Waals surface area (Å²) >= 11 is 0. The van der Waals surface area contributed by atoms with Gasteiger partial charge in [0.2, 0.25) is 0 Å². The van der Waals surface area contributed by atoms with Crippen LogP contribution in [0.4, 0.5) is 0 Å². The van der Waals surface area contributed by atoms with Crippen LogP contribution >= 0.6 is 0 Å². The Morgan fingerprint density at radius 3 is 2.84 bits per heavy atom. The van der Waals surface area contributed by atoms with Gasteiger partial charge in [0.15, 0.2) is 0 Å². The quantitative estimate of drug-likeness (QED) is 0.761. The SMILES string of the molecule is Cc1cccc(CNCCC2CCCC(C)C2)c1C. The summed E-state index contributed by atoms with van der Waals surface area (Å²) in [5, 5.41) is 3.63. The normalized spacial score (nSPS) is 23.5. The highest BCUT2D eigenvalue weighted by Crippen LogP contribution is 2.30. The van der Waals surface area contributed by atoms with Crippen molar-refractivity contribution in [2.24, 2.45) is 11.8 Å². The van der Waals surface area contributed by atoms with Gasteiger partial charge in [0.05, 0.1) is 0 Å². The van der Waals surface area contributed by atoms with Crippen molar-refractivity contribution < 1.29 is 0 Å². The summed E-state index contributed by atoms with van der Waals surface area (Å²) in [5.41, 5.74) is 4.30. The first-order valence-corrected chi connectivity index (χ1v) is 7.92. The van der Waals surface area contributed by atoms with Crippen molar-refractivity contribution in [3.05, 3.63) is 34.9 Å². The summed E-state index contributed by atoms with van der Waals surface area (Å²) in [7, 11) is 0. The Labute approximate surface area is 118 Å². The van der Waals surface area contributed by atoms with E-state index in [-0.39, 0.29) is 0 Å². The van der Waals surface area contributed by atoms with Crippen LogP contribution in [0.2, 0.25) is 0 Å². The molecule has 1 aliphatic rings. The molecule has 0 spiro atoms. The van der Waals surface area contributed by atoms with E-state index in [9.17, 15) is 0 Å². The molecule has 2 unspecified atom stereocenters. The molecular weight excluding hydrogens is 230 g/mol. The number of hydrogen-bond donors (Lipinski definition) is 1. The average molecular weight is 259 g/mol. The van der Waals surface area contributed by atoms with E-state index in [0.717, 1.165) is 18.4 Å². The van der Waals surface area contributed by atoms with Gasteiger partial charge in [-0.05, 0) is 61.8 Å². The molecule has 1 fully saturated rings. The van der Waals surface area contributed by atoms with Crippen molar-refractivity contribution >= 4 is 0 Å². The minimum absolute atomic E-state index is 0.956. The molecule has 0 heterocycles. The van der Waals surface area contributed by atoms with E-state index in [0.29, 0.717) is 0 Å². The van der Waals surface area contributed by atoms with E-state index in [1.807, 2.05) is 0 Å². The Morgan fingerprint density at radius 2 is 2.05 bits per heavy atom. The lowest BCUT2D eigenvalue weighted by Gasteiger charge is -2.26. The van der Waals surface area contributed by atoms with Crippen LogP contribution in [0.25, 0.3) is 0 Å². The molecule has 106 valence electrons. The van der Waals surface area contributed by atoms with Gasteiger partial charge in [-0.1, -0.05) is 44.4 Å². The molecule has 1 aliphatic carbocycles. The Bertz CT molecular complexity index is 397. The number of rotatable bonds is 5. The molecule has 1 aromatic carbocycles. The number of benzene rings is 1. The summed E-state index contributed by atoms with van der Waals surface area (Å²) < 4.78 is 0. The lowest BCUT2D eigenvalue weighted by molar-refractivity contribution is 0.267. The second-order valence-electron chi connectivity index (χ2n) is 6.46. The van der Waals surface area contributed by atoms with Crippen molar-refractivity contribution in [1.82, 2.24) is 5.32 Å². The van der Waals surface area contributed by atoms with Gasteiger partial charge in [-0.2, -0.15) is 0 Å². The third-order valence-corrected chi connectivity index (χ3v) is 4.81. The topological polar surface area (TPSA) is 12.0 Å². The molecule has 1 N–H and O–H groups in total. The van der Waals surface area contributed by atoms with Gasteiger partial charge in [-0.3, -0.25) is 0 Å². The average Bonchev–Trinajstić information content (AvgIpc) is 2.39. The second-order valence-corrected chi connectivity index (χ2v) is 6.46. The molecule has 1 nitrogen and oxygen atoms in total. The highest BCUT2D eigenvalue weighted by atomic mass is 14.8. The van der Waals surface area contributed by atoms with Gasteiger partial charge >= 0.3 is 0 Å². The molecule has 0 aliphatic heterocycles. The van der Waals surface area contributed by atoms with E-state index in [1.54, 1.807) is 0 Å². The van der Waals surface area contributed by atoms with Gasteiger partial charge in [-0.15, -0.1) is 0 Å². The highest BCUT2D eigenvalue weighted by molar-refractivity contribution is 5.32. The van der Waals surface area contributed by atoms with Crippen LogP contribution in [-0.4, -0.2) is 6.54 Å². The summed E-state index contributed by atoms with van der Waals surface area (Å²) in [6.45, 7) is 9.04. The monoisotopic (exact) mass is 259 g/mol. The predicted octanol–water partition coefficient (Wildman–Crippen LogP) is 4.61. The van der Waals surface area contributed by atoms with Crippen LogP contribution < -0.4 is 5.32 Å². The molecule has 1 saturated carbocycles. The van der Waals surface area contributed by atoms with Crippen molar-refractivity contribution in [1.29, 1.82) is 0 Å². The molecule has 1 aromatic rings. The van der Waals surface area contributed by atoms with E-state index < -0.39 is 0 Å². The summed E-state index contributed by atoms with van der Waals surface area (Å²) in [6, 6.07) is 6.61. The lowest BCUT2D eigenvalue weighted by atomic mass is 9.81. The Hall–Kier alpha value is -0.820. The van der Waals surface area contributed by atoms with Gasteiger partial charge < -0.3 is 5.32 Å². The second kappa shape index (κ2) is 7.09. The molecular formula is C18H29N. The third kappa shape index (κ3) is 4.35. The Kier molecular flexibility index (Phi) is 5.45. The van der Waals surface area contributed by atoms with Gasteiger partial charge in [0.25, 0.3) is 0 Å². The van der Waals surface area contributed by atoms with Crippen LogP contribution in [0, 0.1) is 25.7 Å². The van der Waals surface area contributed by atoms with Gasteiger partial charge in [0, 0.05) is 6.54 Å². The van der Waals surface area contributed by atoms with Crippen molar-refractivity contribution in [3.8, 4) is 0 Å². The predicted molar refractivity (Wildman–Crippen MR) is 83.4 cm³/mol. The minimum atomic E-state index is 0.956. The fourth-order valence-corrected chi connectivity index (χ4v) is 3.35. The zero-order valence-electron chi connectivity index (χ0n) is 12.8. The fraction of sp³-hybridized carbons (Fsp3) is 0.667. The third-order valence-electron chi connectivity index (χ3n) is 4.81. The maximum Gasteiger partial charge on any atom is 0.0208 e. The van der Waals surface area contributed by atoms with E-state index >= 15 is 0 Å². The van der Waals surface area contributed by atoms with Gasteiger partial charge in [-0.25, -0.2) is 0 Å². The Balaban J connectivity index is 1.70. The number of aryl methyl sites for hydroxylation is 1. The fourth-order valence-electron chi connectivity index (χ4n) is 3.35. The van der Waals surface area contributed by atoms with Gasteiger partial charge in [0.1, 0.15) is 0 Å². The summed E-state index contributed by atoms with van der Waals surface area (Å²) in [4.78, 5) is 0. The maximum absolute atomic E-state index is 3.63. The zero-order chi connectivity index (χ0) is 13.7. The van der Waals surface area contributed by atoms with Crippen molar-refractivity contribution in [2.45, 2.75) is 59.4 Å². The lowest BCUT2D eigenvalue weighted by Crippen LogP contribution is -2.21. The van der Waals surface area contributed by atoms with Crippen molar-refractivity contribution in [3.63, 3.8) is 0 Å². The minimum Gasteiger partial charge on any atom is -0.313 e. The molecule has 0 aromatic heterocycles. The van der Waals surface area contributed by atoms with Crippen LogP contribution in [0.3, 0.4) is 0 Å². The molecule has 2 rings (SSSR count). The first-order valence-electron chi connectivity index (χ1n) is 7.92. The molecule has 2 atom stereocenters. The highest BCUT2D eigenvalue weighted by Gasteiger charge is 2.18. The molecule has 0 amide bonds. The summed E-state index contributed by atoms with van der Waals surface area (Å²) in [6.07, 6.45) is 7.16. The van der Waals surface area contributed by atoms with Crippen LogP contribution in [-0.2, 0) is 6.54 Å². The van der Waals surface area contributed by atoms with Crippen LogP contribution in [0.5, 0.6) is 0 Å². The standard InChI is InChI=1S/C18H29N/c1-14-6-4-8-17(12-14)10-11-19-13-18-9-5-7-15(2)16(18)3/h5,7,9,14,17,19H,4,6,8,10-13H2,1-3H3. The first-order chi connectivity index (χ1) is 9.16. The van der Waals surface area contributed by atoms with Crippen LogP contribution in [0.1, 0.15) is 55.7 Å². The number of hydrogen-bond acceptors (Lipinski definition) is 1. The number of nitrogens with one attached hydrogen (secondary N) is 1. The Morgan fingerprint density at radius 1 is 1.21 bits per heavy atom. The molecule has 1 heteroatoms. The molecule has 0 bridgehead atoms. The van der Waals surface area contributed by atoms with Crippen molar-refractivity contribution in [2.75, 3.05) is 6.54 Å². The molecule has 19 heavy (non-hydrogen) atoms. The first kappa shape index (κ1) is 14.6. The van der Waals surface area contributed by atoms with Crippen LogP contribution in [0.15, 0.2) is 18.2 Å². The summed E-state index contributed by atoms with van der Waals surface area (Å²) in [5.74, 6) is 1.92. The zero-order valence-corrected chi connectivity index (χ0v) is 12.8. The van der Waals surface area contributed by atoms with E-state index in [2.05, 4.69) is 44.3 Å². The van der Waals surface area contributed by atoms with E-state index in [4.69, 9.17) is 0 Å². The maximum atomic E-state index is 3.63.